The summed E-state index contributed by atoms with van der Waals surface area (Å²) in [6.07, 6.45) is 1.54. The summed E-state index contributed by atoms with van der Waals surface area (Å²) in [5, 5.41) is 4.96. The van der Waals surface area contributed by atoms with Crippen LogP contribution in [-0.2, 0) is 16.1 Å². The molecule has 0 radical (unpaired) electrons. The summed E-state index contributed by atoms with van der Waals surface area (Å²) in [5.41, 5.74) is 0.932. The molecule has 19 heavy (non-hydrogen) atoms. The van der Waals surface area contributed by atoms with Gasteiger partial charge >= 0.3 is 11.8 Å². The second kappa shape index (κ2) is 6.30. The summed E-state index contributed by atoms with van der Waals surface area (Å²) in [6, 6.07) is 14.4. The molecule has 0 atom stereocenters. The topological polar surface area (TPSA) is 71.1 Å². The fourth-order valence-electron chi connectivity index (χ4n) is 1.47. The van der Waals surface area contributed by atoms with Crippen LogP contribution in [0.3, 0.4) is 0 Å². The third kappa shape index (κ3) is 3.92. The number of aromatic nitrogens is 1. The minimum absolute atomic E-state index is 0.315. The molecule has 2 rings (SSSR count). The average molecular weight is 255 g/mol. The third-order valence-electron chi connectivity index (χ3n) is 2.41. The molecule has 0 aliphatic heterocycles. The molecule has 0 aliphatic rings. The van der Waals surface area contributed by atoms with E-state index in [1.807, 2.05) is 30.3 Å². The number of rotatable bonds is 3. The van der Waals surface area contributed by atoms with Crippen molar-refractivity contribution >= 4 is 17.6 Å². The molecule has 0 fully saturated rings. The maximum Gasteiger partial charge on any atom is 0.314 e. The Bertz CT molecular complexity index is 555. The largest absolute Gasteiger partial charge is 0.344 e. The quantitative estimate of drug-likeness (QED) is 0.813. The van der Waals surface area contributed by atoms with Gasteiger partial charge in [-0.15, -0.1) is 0 Å². The van der Waals surface area contributed by atoms with Crippen LogP contribution in [0.1, 0.15) is 5.56 Å². The number of nitrogens with one attached hydrogen (secondary N) is 2. The van der Waals surface area contributed by atoms with Crippen LogP contribution >= 0.6 is 0 Å². The Morgan fingerprint density at radius 3 is 2.37 bits per heavy atom. The van der Waals surface area contributed by atoms with Crippen molar-refractivity contribution in [3.05, 3.63) is 60.3 Å². The molecule has 96 valence electrons. The lowest BCUT2D eigenvalue weighted by atomic mass is 10.2. The van der Waals surface area contributed by atoms with Crippen molar-refractivity contribution in [3.8, 4) is 0 Å². The molecule has 0 aliphatic carbocycles. The van der Waals surface area contributed by atoms with Crippen LogP contribution in [0.4, 0.5) is 5.82 Å². The predicted molar refractivity (Wildman–Crippen MR) is 71.2 cm³/mol. The fourth-order valence-corrected chi connectivity index (χ4v) is 1.47. The Labute approximate surface area is 110 Å². The first-order valence-electron chi connectivity index (χ1n) is 5.80. The SMILES string of the molecule is O=C(NCc1ccccc1)C(=O)Nc1ccccn1. The molecule has 5 heteroatoms. The highest BCUT2D eigenvalue weighted by molar-refractivity contribution is 6.39. The van der Waals surface area contributed by atoms with Crippen molar-refractivity contribution in [1.29, 1.82) is 0 Å². The normalized spacial score (nSPS) is 9.68. The van der Waals surface area contributed by atoms with E-state index in [9.17, 15) is 9.59 Å². The fraction of sp³-hybridized carbons (Fsp3) is 0.0714. The van der Waals surface area contributed by atoms with E-state index in [2.05, 4.69) is 15.6 Å². The zero-order chi connectivity index (χ0) is 13.5. The second-order valence-electron chi connectivity index (χ2n) is 3.84. The van der Waals surface area contributed by atoms with Gasteiger partial charge < -0.3 is 10.6 Å². The summed E-state index contributed by atoms with van der Waals surface area (Å²) >= 11 is 0. The lowest BCUT2D eigenvalue weighted by molar-refractivity contribution is -0.136. The van der Waals surface area contributed by atoms with Gasteiger partial charge in [-0.25, -0.2) is 4.98 Å². The van der Waals surface area contributed by atoms with Crippen molar-refractivity contribution in [1.82, 2.24) is 10.3 Å². The van der Waals surface area contributed by atoms with E-state index >= 15 is 0 Å². The van der Waals surface area contributed by atoms with Crippen LogP contribution in [0.2, 0.25) is 0 Å². The van der Waals surface area contributed by atoms with Crippen molar-refractivity contribution in [2.75, 3.05) is 5.32 Å². The first-order valence-corrected chi connectivity index (χ1v) is 5.80. The molecular formula is C14H13N3O2. The molecular weight excluding hydrogens is 242 g/mol. The van der Waals surface area contributed by atoms with Gasteiger partial charge in [-0.1, -0.05) is 36.4 Å². The van der Waals surface area contributed by atoms with Crippen LogP contribution in [0.5, 0.6) is 0 Å². The average Bonchev–Trinajstić information content (AvgIpc) is 2.47. The van der Waals surface area contributed by atoms with Crippen molar-refractivity contribution in [2.45, 2.75) is 6.54 Å². The molecule has 0 saturated heterocycles. The van der Waals surface area contributed by atoms with Gasteiger partial charge in [0.05, 0.1) is 0 Å². The number of benzene rings is 1. The Kier molecular flexibility index (Phi) is 4.23. The van der Waals surface area contributed by atoms with Gasteiger partial charge in [0, 0.05) is 12.7 Å². The van der Waals surface area contributed by atoms with E-state index in [1.54, 1.807) is 18.2 Å². The molecule has 1 aromatic carbocycles. The lowest BCUT2D eigenvalue weighted by Crippen LogP contribution is -2.35. The standard InChI is InChI=1S/C14H13N3O2/c18-13(16-10-11-6-2-1-3-7-11)14(19)17-12-8-4-5-9-15-12/h1-9H,10H2,(H,16,18)(H,15,17,19). The molecule has 0 spiro atoms. The number of pyridine rings is 1. The number of carbonyl (C=O) groups is 2. The summed E-state index contributed by atoms with van der Waals surface area (Å²) in [4.78, 5) is 27.0. The molecule has 5 nitrogen and oxygen atoms in total. The highest BCUT2D eigenvalue weighted by Crippen LogP contribution is 2.00. The van der Waals surface area contributed by atoms with Crippen LogP contribution in [-0.4, -0.2) is 16.8 Å². The maximum atomic E-state index is 11.6. The third-order valence-corrected chi connectivity index (χ3v) is 2.41. The molecule has 1 heterocycles. The van der Waals surface area contributed by atoms with Crippen molar-refractivity contribution in [2.24, 2.45) is 0 Å². The molecule has 2 N–H and O–H groups in total. The van der Waals surface area contributed by atoms with Crippen LogP contribution in [0, 0.1) is 0 Å². The summed E-state index contributed by atoms with van der Waals surface area (Å²) in [6.45, 7) is 0.315. The smallest absolute Gasteiger partial charge is 0.314 e. The zero-order valence-corrected chi connectivity index (χ0v) is 10.2. The predicted octanol–water partition coefficient (Wildman–Crippen LogP) is 1.34. The maximum absolute atomic E-state index is 11.6. The van der Waals surface area contributed by atoms with E-state index in [4.69, 9.17) is 0 Å². The number of hydrogen-bond acceptors (Lipinski definition) is 3. The molecule has 2 amide bonds. The van der Waals surface area contributed by atoms with Crippen LogP contribution in [0.25, 0.3) is 0 Å². The lowest BCUT2D eigenvalue weighted by Gasteiger charge is -2.05. The summed E-state index contributed by atoms with van der Waals surface area (Å²) < 4.78 is 0. The van der Waals surface area contributed by atoms with E-state index in [-0.39, 0.29) is 0 Å². The minimum Gasteiger partial charge on any atom is -0.344 e. The molecule has 0 bridgehead atoms. The number of anilines is 1. The van der Waals surface area contributed by atoms with Crippen LogP contribution in [0.15, 0.2) is 54.7 Å². The second-order valence-corrected chi connectivity index (χ2v) is 3.84. The van der Waals surface area contributed by atoms with E-state index < -0.39 is 11.8 Å². The number of nitrogens with zero attached hydrogens (tertiary/aromatic N) is 1. The Balaban J connectivity index is 1.85. The number of carbonyl (C=O) groups excluding carboxylic acids is 2. The van der Waals surface area contributed by atoms with Crippen LogP contribution < -0.4 is 10.6 Å². The molecule has 0 unspecified atom stereocenters. The molecule has 0 saturated carbocycles. The summed E-state index contributed by atoms with van der Waals surface area (Å²) in [7, 11) is 0. The number of hydrogen-bond donors (Lipinski definition) is 2. The van der Waals surface area contributed by atoms with Gasteiger partial charge in [-0.05, 0) is 17.7 Å². The first kappa shape index (κ1) is 12.8. The van der Waals surface area contributed by atoms with E-state index in [1.165, 1.54) is 6.20 Å². The Morgan fingerprint density at radius 2 is 1.68 bits per heavy atom. The Morgan fingerprint density at radius 1 is 0.947 bits per heavy atom. The van der Waals surface area contributed by atoms with Gasteiger partial charge in [-0.2, -0.15) is 0 Å². The number of amides is 2. The van der Waals surface area contributed by atoms with Gasteiger partial charge in [0.1, 0.15) is 5.82 Å². The first-order chi connectivity index (χ1) is 9.25. The van der Waals surface area contributed by atoms with Crippen molar-refractivity contribution in [3.63, 3.8) is 0 Å². The highest BCUT2D eigenvalue weighted by atomic mass is 16.2. The van der Waals surface area contributed by atoms with Gasteiger partial charge in [0.15, 0.2) is 0 Å². The minimum atomic E-state index is -0.727. The van der Waals surface area contributed by atoms with E-state index in [0.29, 0.717) is 12.4 Å². The Hall–Kier alpha value is -2.69. The van der Waals surface area contributed by atoms with Gasteiger partial charge in [-0.3, -0.25) is 9.59 Å². The van der Waals surface area contributed by atoms with Gasteiger partial charge in [0.2, 0.25) is 0 Å². The monoisotopic (exact) mass is 255 g/mol. The van der Waals surface area contributed by atoms with E-state index in [0.717, 1.165) is 5.56 Å². The van der Waals surface area contributed by atoms with Crippen molar-refractivity contribution < 1.29 is 9.59 Å². The molecule has 1 aromatic heterocycles. The zero-order valence-electron chi connectivity index (χ0n) is 10.2. The summed E-state index contributed by atoms with van der Waals surface area (Å²) in [5.74, 6) is -1.06. The van der Waals surface area contributed by atoms with Gasteiger partial charge in [0.25, 0.3) is 0 Å². The highest BCUT2D eigenvalue weighted by Gasteiger charge is 2.13. The molecule has 2 aromatic rings.